The molecule has 1 aliphatic rings. The number of aliphatic hydroxyl groups excluding tert-OH is 1. The summed E-state index contributed by atoms with van der Waals surface area (Å²) in [6.07, 6.45) is 1.21. The Bertz CT molecular complexity index is 493. The highest BCUT2D eigenvalue weighted by molar-refractivity contribution is 7.90. The van der Waals surface area contributed by atoms with E-state index >= 15 is 0 Å². The average molecular weight is 270 g/mol. The van der Waals surface area contributed by atoms with Gasteiger partial charge in [-0.1, -0.05) is 0 Å². The molecule has 1 aliphatic heterocycles. The summed E-state index contributed by atoms with van der Waals surface area (Å²) in [5.41, 5.74) is 1.03. The van der Waals surface area contributed by atoms with E-state index in [1.807, 2.05) is 12.1 Å². The molecule has 0 spiro atoms. The summed E-state index contributed by atoms with van der Waals surface area (Å²) in [5, 5.41) is 11.9. The molecule has 100 valence electrons. The summed E-state index contributed by atoms with van der Waals surface area (Å²) >= 11 is 0. The SMILES string of the molecule is CS(=O)(=O)c1ccc(N2CC(NCCO)C2)cc1. The van der Waals surface area contributed by atoms with E-state index in [1.54, 1.807) is 12.1 Å². The zero-order valence-corrected chi connectivity index (χ0v) is 11.2. The summed E-state index contributed by atoms with van der Waals surface area (Å²) in [6, 6.07) is 7.35. The van der Waals surface area contributed by atoms with Gasteiger partial charge in [-0.2, -0.15) is 0 Å². The van der Waals surface area contributed by atoms with Gasteiger partial charge in [0.05, 0.1) is 11.5 Å². The minimum absolute atomic E-state index is 0.152. The Kier molecular flexibility index (Phi) is 3.89. The molecule has 1 aromatic rings. The predicted octanol–water partition coefficient (Wildman–Crippen LogP) is -0.139. The smallest absolute Gasteiger partial charge is 0.175 e. The van der Waals surface area contributed by atoms with E-state index in [0.717, 1.165) is 18.8 Å². The van der Waals surface area contributed by atoms with E-state index in [1.165, 1.54) is 6.26 Å². The van der Waals surface area contributed by atoms with Crippen LogP contribution in [0, 0.1) is 0 Å². The van der Waals surface area contributed by atoms with Crippen molar-refractivity contribution in [2.24, 2.45) is 0 Å². The Hall–Kier alpha value is -1.11. The topological polar surface area (TPSA) is 69.6 Å². The van der Waals surface area contributed by atoms with Gasteiger partial charge in [-0.15, -0.1) is 0 Å². The highest BCUT2D eigenvalue weighted by Gasteiger charge is 2.26. The molecule has 2 rings (SSSR count). The van der Waals surface area contributed by atoms with E-state index in [4.69, 9.17) is 5.11 Å². The second kappa shape index (κ2) is 5.26. The van der Waals surface area contributed by atoms with Gasteiger partial charge in [0, 0.05) is 37.6 Å². The maximum atomic E-state index is 11.3. The molecule has 0 unspecified atom stereocenters. The average Bonchev–Trinajstić information content (AvgIpc) is 2.26. The fourth-order valence-corrected chi connectivity index (χ4v) is 2.62. The van der Waals surface area contributed by atoms with E-state index in [0.29, 0.717) is 17.5 Å². The number of aliphatic hydroxyl groups is 1. The Labute approximate surface area is 107 Å². The van der Waals surface area contributed by atoms with E-state index in [2.05, 4.69) is 10.2 Å². The predicted molar refractivity (Wildman–Crippen MR) is 70.6 cm³/mol. The minimum Gasteiger partial charge on any atom is -0.395 e. The van der Waals surface area contributed by atoms with Crippen molar-refractivity contribution in [1.82, 2.24) is 5.32 Å². The fraction of sp³-hybridized carbons (Fsp3) is 0.500. The van der Waals surface area contributed by atoms with Crippen molar-refractivity contribution < 1.29 is 13.5 Å². The number of nitrogens with zero attached hydrogens (tertiary/aromatic N) is 1. The number of sulfone groups is 1. The lowest BCUT2D eigenvalue weighted by molar-refractivity contribution is 0.276. The Morgan fingerprint density at radius 3 is 2.44 bits per heavy atom. The quantitative estimate of drug-likeness (QED) is 0.779. The van der Waals surface area contributed by atoms with Crippen LogP contribution in [0.2, 0.25) is 0 Å². The first-order valence-corrected chi connectivity index (χ1v) is 7.79. The zero-order chi connectivity index (χ0) is 13.2. The zero-order valence-electron chi connectivity index (χ0n) is 10.3. The molecular formula is C12H18N2O3S. The van der Waals surface area contributed by atoms with Gasteiger partial charge in [-0.3, -0.25) is 0 Å². The molecule has 2 N–H and O–H groups in total. The normalized spacial score (nSPS) is 16.7. The van der Waals surface area contributed by atoms with Gasteiger partial charge in [-0.05, 0) is 24.3 Å². The molecule has 0 aliphatic carbocycles. The van der Waals surface area contributed by atoms with Crippen molar-refractivity contribution in [1.29, 1.82) is 0 Å². The molecule has 1 fully saturated rings. The van der Waals surface area contributed by atoms with Gasteiger partial charge in [0.15, 0.2) is 9.84 Å². The molecule has 1 saturated heterocycles. The molecule has 6 heteroatoms. The lowest BCUT2D eigenvalue weighted by atomic mass is 10.1. The summed E-state index contributed by atoms with van der Waals surface area (Å²) in [5.74, 6) is 0. The highest BCUT2D eigenvalue weighted by atomic mass is 32.2. The molecule has 1 aromatic carbocycles. The van der Waals surface area contributed by atoms with Gasteiger partial charge >= 0.3 is 0 Å². The third-order valence-corrected chi connectivity index (χ3v) is 4.18. The van der Waals surface area contributed by atoms with Gasteiger partial charge in [0.2, 0.25) is 0 Å². The molecular weight excluding hydrogens is 252 g/mol. The first-order valence-electron chi connectivity index (χ1n) is 5.90. The third kappa shape index (κ3) is 3.01. The Morgan fingerprint density at radius 2 is 1.94 bits per heavy atom. The van der Waals surface area contributed by atoms with Crippen LogP contribution in [0.1, 0.15) is 0 Å². The molecule has 0 amide bonds. The molecule has 0 atom stereocenters. The minimum atomic E-state index is -3.12. The number of hydrogen-bond donors (Lipinski definition) is 2. The maximum absolute atomic E-state index is 11.3. The summed E-state index contributed by atoms with van der Waals surface area (Å²) in [7, 11) is -3.12. The van der Waals surface area contributed by atoms with Crippen molar-refractivity contribution in [3.8, 4) is 0 Å². The van der Waals surface area contributed by atoms with Gasteiger partial charge in [0.25, 0.3) is 0 Å². The third-order valence-electron chi connectivity index (χ3n) is 3.06. The fourth-order valence-electron chi connectivity index (χ4n) is 1.99. The van der Waals surface area contributed by atoms with Gasteiger partial charge in [-0.25, -0.2) is 8.42 Å². The van der Waals surface area contributed by atoms with Gasteiger partial charge < -0.3 is 15.3 Å². The monoisotopic (exact) mass is 270 g/mol. The number of hydrogen-bond acceptors (Lipinski definition) is 5. The van der Waals surface area contributed by atoms with Crippen LogP contribution < -0.4 is 10.2 Å². The van der Waals surface area contributed by atoms with Crippen molar-refractivity contribution in [3.63, 3.8) is 0 Å². The largest absolute Gasteiger partial charge is 0.395 e. The van der Waals surface area contributed by atoms with Crippen molar-refractivity contribution in [2.75, 3.05) is 37.4 Å². The second-order valence-electron chi connectivity index (χ2n) is 4.55. The van der Waals surface area contributed by atoms with Crippen LogP contribution in [-0.2, 0) is 9.84 Å². The molecule has 1 heterocycles. The van der Waals surface area contributed by atoms with Crippen LogP contribution in [0.5, 0.6) is 0 Å². The van der Waals surface area contributed by atoms with Crippen LogP contribution in [0.25, 0.3) is 0 Å². The Balaban J connectivity index is 1.93. The summed E-state index contributed by atoms with van der Waals surface area (Å²) < 4.78 is 22.6. The lowest BCUT2D eigenvalue weighted by Gasteiger charge is -2.41. The van der Waals surface area contributed by atoms with E-state index in [9.17, 15) is 8.42 Å². The van der Waals surface area contributed by atoms with Crippen molar-refractivity contribution in [3.05, 3.63) is 24.3 Å². The molecule has 0 saturated carbocycles. The van der Waals surface area contributed by atoms with Crippen LogP contribution >= 0.6 is 0 Å². The van der Waals surface area contributed by atoms with E-state index in [-0.39, 0.29) is 6.61 Å². The first kappa shape index (κ1) is 13.3. The van der Waals surface area contributed by atoms with Crippen LogP contribution in [-0.4, -0.2) is 52.1 Å². The van der Waals surface area contributed by atoms with Crippen LogP contribution in [0.3, 0.4) is 0 Å². The summed E-state index contributed by atoms with van der Waals surface area (Å²) in [4.78, 5) is 2.52. The number of rotatable bonds is 5. The van der Waals surface area contributed by atoms with E-state index < -0.39 is 9.84 Å². The molecule has 18 heavy (non-hydrogen) atoms. The number of anilines is 1. The molecule has 0 radical (unpaired) electrons. The molecule has 0 aromatic heterocycles. The Morgan fingerprint density at radius 1 is 1.33 bits per heavy atom. The maximum Gasteiger partial charge on any atom is 0.175 e. The van der Waals surface area contributed by atoms with Crippen LogP contribution in [0.4, 0.5) is 5.69 Å². The summed E-state index contributed by atoms with van der Waals surface area (Å²) in [6.45, 7) is 2.54. The van der Waals surface area contributed by atoms with Crippen molar-refractivity contribution >= 4 is 15.5 Å². The number of nitrogens with one attached hydrogen (secondary N) is 1. The standard InChI is InChI=1S/C12H18N2O3S/c1-18(16,17)12-4-2-11(3-5-12)14-8-10(9-14)13-6-7-15/h2-5,10,13,15H,6-9H2,1H3. The highest BCUT2D eigenvalue weighted by Crippen LogP contribution is 2.22. The first-order chi connectivity index (χ1) is 8.50. The lowest BCUT2D eigenvalue weighted by Crippen LogP contribution is -2.58. The molecule has 0 bridgehead atoms. The van der Waals surface area contributed by atoms with Gasteiger partial charge in [0.1, 0.15) is 0 Å². The second-order valence-corrected chi connectivity index (χ2v) is 6.56. The molecule has 5 nitrogen and oxygen atoms in total. The van der Waals surface area contributed by atoms with Crippen LogP contribution in [0.15, 0.2) is 29.2 Å². The van der Waals surface area contributed by atoms with Crippen molar-refractivity contribution in [2.45, 2.75) is 10.9 Å². The number of benzene rings is 1.